The number of hydrogen-bond donors (Lipinski definition) is 0. The van der Waals surface area contributed by atoms with Gasteiger partial charge in [0.15, 0.2) is 4.90 Å². The molecule has 0 saturated carbocycles. The first-order valence-corrected chi connectivity index (χ1v) is 15.3. The van der Waals surface area contributed by atoms with Gasteiger partial charge in [0.05, 0.1) is 30.8 Å². The molecule has 1 atom stereocenters. The van der Waals surface area contributed by atoms with Crippen LogP contribution in [0.3, 0.4) is 0 Å². The van der Waals surface area contributed by atoms with Gasteiger partial charge in [0.25, 0.3) is 10.0 Å². The number of ether oxygens (including phenoxy) is 2. The molecular weight excluding hydrogens is 580 g/mol. The summed E-state index contributed by atoms with van der Waals surface area (Å²) in [6.07, 6.45) is 0.457. The van der Waals surface area contributed by atoms with Crippen LogP contribution >= 0.6 is 11.6 Å². The van der Waals surface area contributed by atoms with Crippen molar-refractivity contribution in [3.05, 3.63) is 113 Å². The number of rotatable bonds is 12. The maximum Gasteiger partial charge on any atom is 0.264 e. The summed E-state index contributed by atoms with van der Waals surface area (Å²) in [5.74, 6) is -0.308. The van der Waals surface area contributed by atoms with Crippen molar-refractivity contribution < 1.29 is 31.2 Å². The van der Waals surface area contributed by atoms with E-state index >= 15 is 0 Å². The minimum absolute atomic E-state index is 0.139. The standard InChI is InChI=1S/C29H26ClF2NO5S2/c1-37-24-10-12-25(13-11-24)39(34)18-4-17-38-29-6-3-2-5-21(29)20-33(28-19-23(31)9-16-27(28)32)40(35,36)26-14-7-22(30)8-15-26/h2-3,5-16,19H,4,17-18,20H2,1H3. The average molecular weight is 606 g/mol. The van der Waals surface area contributed by atoms with E-state index in [1.165, 1.54) is 24.3 Å². The molecule has 0 spiro atoms. The maximum absolute atomic E-state index is 14.9. The van der Waals surface area contributed by atoms with Crippen LogP contribution in [0.2, 0.25) is 5.02 Å². The summed E-state index contributed by atoms with van der Waals surface area (Å²) in [7, 11) is -2.78. The highest BCUT2D eigenvalue weighted by Gasteiger charge is 2.29. The van der Waals surface area contributed by atoms with Crippen LogP contribution in [0.5, 0.6) is 11.5 Å². The fourth-order valence-electron chi connectivity index (χ4n) is 3.86. The molecular formula is C29H26ClF2NO5S2. The first kappa shape index (κ1) is 29.7. The summed E-state index contributed by atoms with van der Waals surface area (Å²) >= 11 is 4.68. The topological polar surface area (TPSA) is 78.9 Å². The smallest absolute Gasteiger partial charge is 0.264 e. The van der Waals surface area contributed by atoms with E-state index in [1.807, 2.05) is 0 Å². The molecule has 4 aromatic carbocycles. The molecule has 1 unspecified atom stereocenters. The summed E-state index contributed by atoms with van der Waals surface area (Å²) in [5.41, 5.74) is -0.0142. The van der Waals surface area contributed by atoms with Gasteiger partial charge < -0.3 is 14.0 Å². The number of hydrogen-bond acceptors (Lipinski definition) is 5. The van der Waals surface area contributed by atoms with E-state index in [1.54, 1.807) is 55.6 Å². The van der Waals surface area contributed by atoms with E-state index in [4.69, 9.17) is 21.1 Å². The molecule has 0 N–H and O–H groups in total. The molecule has 0 heterocycles. The van der Waals surface area contributed by atoms with E-state index in [0.29, 0.717) is 39.2 Å². The Balaban J connectivity index is 1.53. The normalized spacial score (nSPS) is 12.1. The second-order valence-electron chi connectivity index (χ2n) is 8.60. The van der Waals surface area contributed by atoms with Crippen molar-refractivity contribution >= 4 is 38.5 Å². The van der Waals surface area contributed by atoms with Gasteiger partial charge in [-0.2, -0.15) is 0 Å². The molecule has 11 heteroatoms. The summed E-state index contributed by atoms with van der Waals surface area (Å²) in [5, 5.41) is 0.328. The van der Waals surface area contributed by atoms with Crippen LogP contribution < -0.4 is 13.8 Å². The van der Waals surface area contributed by atoms with Crippen molar-refractivity contribution in [3.63, 3.8) is 0 Å². The molecule has 6 nitrogen and oxygen atoms in total. The lowest BCUT2D eigenvalue weighted by Gasteiger charge is -2.26. The highest BCUT2D eigenvalue weighted by molar-refractivity contribution is 7.92. The van der Waals surface area contributed by atoms with Crippen molar-refractivity contribution in [2.75, 3.05) is 23.8 Å². The van der Waals surface area contributed by atoms with Crippen molar-refractivity contribution in [3.8, 4) is 11.5 Å². The van der Waals surface area contributed by atoms with Gasteiger partial charge >= 0.3 is 0 Å². The van der Waals surface area contributed by atoms with Gasteiger partial charge in [-0.3, -0.25) is 4.31 Å². The number of benzene rings is 4. The molecule has 0 aliphatic heterocycles. The fraction of sp³-hybridized carbons (Fsp3) is 0.172. The van der Waals surface area contributed by atoms with Gasteiger partial charge in [0.1, 0.15) is 28.9 Å². The third-order valence-corrected chi connectivity index (χ3v) is 9.40. The Morgan fingerprint density at radius 1 is 0.950 bits per heavy atom. The highest BCUT2D eigenvalue weighted by atomic mass is 35.5. The molecule has 210 valence electrons. The molecule has 0 fully saturated rings. The largest absolute Gasteiger partial charge is 0.611 e. The SMILES string of the molecule is COc1ccc([S+]([O-])CCCOc2ccccc2CN(c2cc(F)ccc2F)S(=O)(=O)c2ccc(Cl)cc2)cc1. The van der Waals surface area contributed by atoms with E-state index < -0.39 is 38.5 Å². The fourth-order valence-corrected chi connectivity index (χ4v) is 6.48. The van der Waals surface area contributed by atoms with Crippen molar-refractivity contribution in [2.24, 2.45) is 0 Å². The van der Waals surface area contributed by atoms with Gasteiger partial charge in [-0.25, -0.2) is 17.2 Å². The van der Waals surface area contributed by atoms with Crippen molar-refractivity contribution in [1.82, 2.24) is 0 Å². The molecule has 40 heavy (non-hydrogen) atoms. The molecule has 4 aromatic rings. The predicted octanol–water partition coefficient (Wildman–Crippen LogP) is 6.60. The number of nitrogens with zero attached hydrogens (tertiary/aromatic N) is 1. The van der Waals surface area contributed by atoms with E-state index in [2.05, 4.69) is 0 Å². The Kier molecular flexibility index (Phi) is 9.91. The number of halogens is 3. The van der Waals surface area contributed by atoms with E-state index in [9.17, 15) is 21.8 Å². The number of anilines is 1. The lowest BCUT2D eigenvalue weighted by atomic mass is 10.2. The Labute approximate surface area is 240 Å². The molecule has 4 rings (SSSR count). The molecule has 0 aromatic heterocycles. The second kappa shape index (κ2) is 13.4. The highest BCUT2D eigenvalue weighted by Crippen LogP contribution is 2.32. The lowest BCUT2D eigenvalue weighted by molar-refractivity contribution is 0.314. The summed E-state index contributed by atoms with van der Waals surface area (Å²) < 4.78 is 80.8. The average Bonchev–Trinajstić information content (AvgIpc) is 2.96. The first-order chi connectivity index (χ1) is 19.2. The third kappa shape index (κ3) is 7.25. The monoisotopic (exact) mass is 605 g/mol. The van der Waals surface area contributed by atoms with Crippen molar-refractivity contribution in [1.29, 1.82) is 0 Å². The Morgan fingerprint density at radius 3 is 2.35 bits per heavy atom. The first-order valence-electron chi connectivity index (χ1n) is 12.2. The number of para-hydroxylation sites is 1. The van der Waals surface area contributed by atoms with Crippen LogP contribution in [0.1, 0.15) is 12.0 Å². The Bertz CT molecular complexity index is 1540. The van der Waals surface area contributed by atoms with E-state index in [0.717, 1.165) is 22.5 Å². The van der Waals surface area contributed by atoms with E-state index in [-0.39, 0.29) is 18.0 Å². The number of sulfonamides is 1. The van der Waals surface area contributed by atoms with Crippen LogP contribution in [0.25, 0.3) is 0 Å². The zero-order valence-electron chi connectivity index (χ0n) is 21.4. The third-order valence-electron chi connectivity index (χ3n) is 5.92. The van der Waals surface area contributed by atoms with Gasteiger partial charge in [-0.15, -0.1) is 0 Å². The molecule has 0 radical (unpaired) electrons. The van der Waals surface area contributed by atoms with Crippen LogP contribution in [-0.4, -0.2) is 32.4 Å². The van der Waals surface area contributed by atoms with Crippen LogP contribution in [0.15, 0.2) is 101 Å². The number of methoxy groups -OCH3 is 1. The quantitative estimate of drug-likeness (QED) is 0.134. The Hall–Kier alpha value is -3.31. The van der Waals surface area contributed by atoms with Gasteiger partial charge in [-0.05, 0) is 77.9 Å². The van der Waals surface area contributed by atoms with Gasteiger partial charge in [0, 0.05) is 23.1 Å². The molecule has 0 bridgehead atoms. The predicted molar refractivity (Wildman–Crippen MR) is 152 cm³/mol. The molecule has 0 saturated heterocycles. The van der Waals surface area contributed by atoms with Crippen molar-refractivity contribution in [2.45, 2.75) is 22.8 Å². The zero-order valence-corrected chi connectivity index (χ0v) is 23.8. The minimum Gasteiger partial charge on any atom is -0.611 e. The lowest BCUT2D eigenvalue weighted by Crippen LogP contribution is -2.31. The summed E-state index contributed by atoms with van der Waals surface area (Å²) in [6.45, 7) is -0.129. The zero-order chi connectivity index (χ0) is 28.7. The van der Waals surface area contributed by atoms with Gasteiger partial charge in [0.2, 0.25) is 0 Å². The molecule has 0 aliphatic rings. The summed E-state index contributed by atoms with van der Waals surface area (Å²) in [4.78, 5) is 0.529. The molecule has 0 aliphatic carbocycles. The Morgan fingerprint density at radius 2 is 1.65 bits per heavy atom. The van der Waals surface area contributed by atoms with Crippen LogP contribution in [-0.2, 0) is 27.7 Å². The maximum atomic E-state index is 14.9. The summed E-state index contributed by atoms with van der Waals surface area (Å²) in [6, 6.07) is 21.7. The van der Waals surface area contributed by atoms with Crippen LogP contribution in [0, 0.1) is 11.6 Å². The van der Waals surface area contributed by atoms with Crippen LogP contribution in [0.4, 0.5) is 14.5 Å². The second-order valence-corrected chi connectivity index (χ2v) is 12.5. The minimum atomic E-state index is -4.33. The molecule has 0 amide bonds. The van der Waals surface area contributed by atoms with Gasteiger partial charge in [-0.1, -0.05) is 29.8 Å².